The van der Waals surface area contributed by atoms with E-state index in [-0.39, 0.29) is 24.0 Å². The zero-order valence-electron chi connectivity index (χ0n) is 17.4. The van der Waals surface area contributed by atoms with Crippen LogP contribution in [0.5, 0.6) is 0 Å². The summed E-state index contributed by atoms with van der Waals surface area (Å²) in [7, 11) is 2.18. The Hall–Kier alpha value is -1.06. The Morgan fingerprint density at radius 3 is 2.79 bits per heavy atom. The number of nitrogens with zero attached hydrogens (tertiary/aromatic N) is 3. The van der Waals surface area contributed by atoms with Gasteiger partial charge in [0.15, 0.2) is 5.96 Å². The highest BCUT2D eigenvalue weighted by Crippen LogP contribution is 2.26. The van der Waals surface area contributed by atoms with Crippen molar-refractivity contribution >= 4 is 35.6 Å². The summed E-state index contributed by atoms with van der Waals surface area (Å²) in [6.45, 7) is 10.8. The predicted octanol–water partition coefficient (Wildman–Crippen LogP) is 2.46. The van der Waals surface area contributed by atoms with E-state index in [0.29, 0.717) is 0 Å². The van der Waals surface area contributed by atoms with Crippen LogP contribution in [-0.2, 0) is 17.7 Å². The quantitative estimate of drug-likeness (QED) is 0.260. The Labute approximate surface area is 187 Å². The largest absolute Gasteiger partial charge is 0.379 e. The lowest BCUT2D eigenvalue weighted by Gasteiger charge is -2.27. The molecule has 0 spiro atoms. The number of benzene rings is 1. The number of hydrogen-bond acceptors (Lipinski definition) is 4. The van der Waals surface area contributed by atoms with E-state index in [1.165, 1.54) is 29.7 Å². The molecule has 0 saturated carbocycles. The number of halogens is 1. The van der Waals surface area contributed by atoms with E-state index in [2.05, 4.69) is 52.6 Å². The fourth-order valence-corrected chi connectivity index (χ4v) is 3.78. The number of nitrogens with one attached hydrogen (secondary N) is 2. The topological polar surface area (TPSA) is 52.1 Å². The first-order valence-electron chi connectivity index (χ1n) is 10.4. The van der Waals surface area contributed by atoms with Crippen LogP contribution in [0.25, 0.3) is 0 Å². The van der Waals surface area contributed by atoms with Gasteiger partial charge in [-0.2, -0.15) is 0 Å². The average molecular weight is 501 g/mol. The van der Waals surface area contributed by atoms with Crippen LogP contribution in [0.2, 0.25) is 0 Å². The molecule has 7 heteroatoms. The number of aryl methyl sites for hydroxylation is 1. The molecule has 0 unspecified atom stereocenters. The van der Waals surface area contributed by atoms with Crippen LogP contribution in [0.3, 0.4) is 0 Å². The summed E-state index contributed by atoms with van der Waals surface area (Å²) in [6, 6.07) is 6.80. The zero-order chi connectivity index (χ0) is 18.9. The molecule has 1 saturated heterocycles. The van der Waals surface area contributed by atoms with Gasteiger partial charge in [0.05, 0.1) is 19.8 Å². The van der Waals surface area contributed by atoms with Crippen molar-refractivity contribution in [2.24, 2.45) is 4.99 Å². The maximum Gasteiger partial charge on any atom is 0.191 e. The van der Waals surface area contributed by atoms with E-state index < -0.39 is 0 Å². The van der Waals surface area contributed by atoms with Crippen molar-refractivity contribution in [2.75, 3.05) is 64.4 Å². The minimum atomic E-state index is 0. The van der Waals surface area contributed by atoms with Gasteiger partial charge in [-0.3, -0.25) is 4.90 Å². The van der Waals surface area contributed by atoms with Crippen LogP contribution in [0.15, 0.2) is 23.2 Å². The van der Waals surface area contributed by atoms with Crippen molar-refractivity contribution in [2.45, 2.75) is 32.7 Å². The smallest absolute Gasteiger partial charge is 0.191 e. The van der Waals surface area contributed by atoms with Crippen LogP contribution in [0, 0.1) is 0 Å². The van der Waals surface area contributed by atoms with Gasteiger partial charge in [0.2, 0.25) is 0 Å². The second kappa shape index (κ2) is 12.5. The molecule has 1 aromatic rings. The van der Waals surface area contributed by atoms with Gasteiger partial charge >= 0.3 is 0 Å². The van der Waals surface area contributed by atoms with E-state index in [0.717, 1.165) is 71.4 Å². The molecular formula is C21H36IN5O. The molecule has 1 aromatic carbocycles. The van der Waals surface area contributed by atoms with Gasteiger partial charge in [0, 0.05) is 45.5 Å². The predicted molar refractivity (Wildman–Crippen MR) is 128 cm³/mol. The molecular weight excluding hydrogens is 465 g/mol. The molecule has 0 aromatic heterocycles. The van der Waals surface area contributed by atoms with Crippen molar-refractivity contribution in [1.82, 2.24) is 15.5 Å². The molecule has 3 rings (SSSR count). The second-order valence-corrected chi connectivity index (χ2v) is 7.42. The summed E-state index contributed by atoms with van der Waals surface area (Å²) >= 11 is 0. The third-order valence-corrected chi connectivity index (χ3v) is 5.31. The maximum atomic E-state index is 5.40. The molecule has 158 valence electrons. The molecule has 28 heavy (non-hydrogen) atoms. The van der Waals surface area contributed by atoms with Gasteiger partial charge in [-0.15, -0.1) is 24.0 Å². The molecule has 2 aliphatic heterocycles. The normalized spacial score (nSPS) is 17.6. The summed E-state index contributed by atoms with van der Waals surface area (Å²) in [5, 5.41) is 6.83. The summed E-state index contributed by atoms with van der Waals surface area (Å²) in [5.41, 5.74) is 4.12. The van der Waals surface area contributed by atoms with Crippen LogP contribution < -0.4 is 15.5 Å². The standard InChI is InChI=1S/C21H35N5O.HI/c1-3-22-21(23-9-5-11-26-12-14-27-15-13-26)24-17-18-7-8-20-19(16-18)6-4-10-25(20)2;/h7-8,16H,3-6,9-15,17H2,1-2H3,(H2,22,23,24);1H. The molecule has 0 aliphatic carbocycles. The van der Waals surface area contributed by atoms with Crippen LogP contribution in [-0.4, -0.2) is 70.4 Å². The van der Waals surface area contributed by atoms with Gasteiger partial charge in [-0.1, -0.05) is 12.1 Å². The molecule has 1 fully saturated rings. The molecule has 0 atom stereocenters. The zero-order valence-corrected chi connectivity index (χ0v) is 19.7. The number of rotatable bonds is 7. The van der Waals surface area contributed by atoms with Crippen LogP contribution >= 0.6 is 24.0 Å². The Morgan fingerprint density at radius 2 is 2.00 bits per heavy atom. The van der Waals surface area contributed by atoms with Gasteiger partial charge in [0.25, 0.3) is 0 Å². The summed E-state index contributed by atoms with van der Waals surface area (Å²) in [5.74, 6) is 0.911. The fraction of sp³-hybridized carbons (Fsp3) is 0.667. The van der Waals surface area contributed by atoms with Gasteiger partial charge in [-0.25, -0.2) is 4.99 Å². The van der Waals surface area contributed by atoms with Gasteiger partial charge in [-0.05, 0) is 49.9 Å². The Balaban J connectivity index is 0.00000280. The highest BCUT2D eigenvalue weighted by Gasteiger charge is 2.13. The molecule has 0 radical (unpaired) electrons. The average Bonchev–Trinajstić information content (AvgIpc) is 2.70. The van der Waals surface area contributed by atoms with Crippen LogP contribution in [0.4, 0.5) is 5.69 Å². The highest BCUT2D eigenvalue weighted by atomic mass is 127. The van der Waals surface area contributed by atoms with E-state index in [1.807, 2.05) is 0 Å². The van der Waals surface area contributed by atoms with Gasteiger partial charge < -0.3 is 20.3 Å². The molecule has 6 nitrogen and oxygen atoms in total. The maximum absolute atomic E-state index is 5.40. The first-order chi connectivity index (χ1) is 13.3. The van der Waals surface area contributed by atoms with Crippen LogP contribution in [0.1, 0.15) is 30.9 Å². The monoisotopic (exact) mass is 501 g/mol. The SMILES string of the molecule is CCNC(=NCc1ccc2c(c1)CCCN2C)NCCCN1CCOCC1.I. The number of aliphatic imine (C=N–C) groups is 1. The van der Waals surface area contributed by atoms with E-state index in [1.54, 1.807) is 0 Å². The fourth-order valence-electron chi connectivity index (χ4n) is 3.78. The minimum absolute atomic E-state index is 0. The van der Waals surface area contributed by atoms with Crippen molar-refractivity contribution in [3.8, 4) is 0 Å². The number of fused-ring (bicyclic) bond motifs is 1. The Kier molecular flexibility index (Phi) is 10.4. The lowest BCUT2D eigenvalue weighted by Crippen LogP contribution is -2.40. The minimum Gasteiger partial charge on any atom is -0.379 e. The van der Waals surface area contributed by atoms with E-state index in [9.17, 15) is 0 Å². The number of morpholine rings is 1. The molecule has 2 aliphatic rings. The first kappa shape index (κ1) is 23.2. The first-order valence-corrected chi connectivity index (χ1v) is 10.4. The molecule has 0 amide bonds. The number of guanidine groups is 1. The summed E-state index contributed by atoms with van der Waals surface area (Å²) in [4.78, 5) is 9.61. The van der Waals surface area contributed by atoms with Crippen molar-refractivity contribution < 1.29 is 4.74 Å². The lowest BCUT2D eigenvalue weighted by atomic mass is 10.00. The molecule has 2 heterocycles. The Morgan fingerprint density at radius 1 is 1.18 bits per heavy atom. The number of anilines is 1. The number of hydrogen-bond donors (Lipinski definition) is 2. The second-order valence-electron chi connectivity index (χ2n) is 7.42. The number of ether oxygens (including phenoxy) is 1. The molecule has 2 N–H and O–H groups in total. The van der Waals surface area contributed by atoms with Gasteiger partial charge in [0.1, 0.15) is 0 Å². The third-order valence-electron chi connectivity index (χ3n) is 5.31. The van der Waals surface area contributed by atoms with Crippen molar-refractivity contribution in [3.05, 3.63) is 29.3 Å². The van der Waals surface area contributed by atoms with Crippen molar-refractivity contribution in [1.29, 1.82) is 0 Å². The molecule has 0 bridgehead atoms. The van der Waals surface area contributed by atoms with E-state index >= 15 is 0 Å². The highest BCUT2D eigenvalue weighted by molar-refractivity contribution is 14.0. The summed E-state index contributed by atoms with van der Waals surface area (Å²) < 4.78 is 5.40. The Bertz CT molecular complexity index is 619. The third kappa shape index (κ3) is 7.08. The van der Waals surface area contributed by atoms with E-state index in [4.69, 9.17) is 9.73 Å². The summed E-state index contributed by atoms with van der Waals surface area (Å²) in [6.07, 6.45) is 3.54. The van der Waals surface area contributed by atoms with Crippen molar-refractivity contribution in [3.63, 3.8) is 0 Å². The lowest BCUT2D eigenvalue weighted by molar-refractivity contribution is 0.0376.